The molecule has 2 heteroatoms. The molecular formula is C7H11BrO. The Labute approximate surface area is 64.2 Å². The molecule has 0 heterocycles. The van der Waals surface area contributed by atoms with Crippen molar-refractivity contribution in [3.05, 3.63) is 16.8 Å². The first-order chi connectivity index (χ1) is 4.18. The normalized spacial score (nSPS) is 12.6. The van der Waals surface area contributed by atoms with Crippen molar-refractivity contribution >= 4 is 15.9 Å². The van der Waals surface area contributed by atoms with E-state index in [0.29, 0.717) is 0 Å². The van der Waals surface area contributed by atoms with Crippen LogP contribution in [0.4, 0.5) is 0 Å². The summed E-state index contributed by atoms with van der Waals surface area (Å²) in [5.74, 6) is 0.268. The Morgan fingerprint density at radius 2 is 2.11 bits per heavy atom. The first-order valence-corrected chi connectivity index (χ1v) is 3.79. The molecule has 0 aromatic rings. The lowest BCUT2D eigenvalue weighted by Gasteiger charge is -2.06. The highest BCUT2D eigenvalue weighted by atomic mass is 79.9. The molecule has 0 radical (unpaired) electrons. The Morgan fingerprint density at radius 3 is 2.44 bits per heavy atom. The quantitative estimate of drug-likeness (QED) is 0.662. The third-order valence-corrected chi connectivity index (χ3v) is 1.28. The second-order valence-electron chi connectivity index (χ2n) is 2.18. The summed E-state index contributed by atoms with van der Waals surface area (Å²) in [6, 6.07) is 0. The van der Waals surface area contributed by atoms with Crippen molar-refractivity contribution in [3.63, 3.8) is 0 Å². The second kappa shape index (κ2) is 4.80. The van der Waals surface area contributed by atoms with Crippen LogP contribution in [-0.2, 0) is 0 Å². The largest absolute Gasteiger partial charge is 0.388 e. The van der Waals surface area contributed by atoms with Crippen LogP contribution < -0.4 is 0 Å². The summed E-state index contributed by atoms with van der Waals surface area (Å²) >= 11 is 3.05. The van der Waals surface area contributed by atoms with E-state index < -0.39 is 0 Å². The van der Waals surface area contributed by atoms with Crippen LogP contribution in [0.15, 0.2) is 16.8 Å². The van der Waals surface area contributed by atoms with E-state index in [-0.39, 0.29) is 12.0 Å². The maximum absolute atomic E-state index is 9.10. The SMILES string of the molecule is CC(C)C(O)C=C=CBr. The highest BCUT2D eigenvalue weighted by Gasteiger charge is 2.01. The molecular weight excluding hydrogens is 180 g/mol. The molecule has 0 aromatic heterocycles. The van der Waals surface area contributed by atoms with Gasteiger partial charge in [0.15, 0.2) is 0 Å². The molecule has 0 amide bonds. The fourth-order valence-corrected chi connectivity index (χ4v) is 0.480. The summed E-state index contributed by atoms with van der Waals surface area (Å²) in [5.41, 5.74) is 2.75. The van der Waals surface area contributed by atoms with E-state index in [4.69, 9.17) is 5.11 Å². The van der Waals surface area contributed by atoms with Crippen LogP contribution >= 0.6 is 15.9 Å². The molecule has 0 spiro atoms. The number of hydrogen-bond donors (Lipinski definition) is 1. The fourth-order valence-electron chi connectivity index (χ4n) is 0.327. The van der Waals surface area contributed by atoms with E-state index >= 15 is 0 Å². The highest BCUT2D eigenvalue weighted by Crippen LogP contribution is 2.00. The molecule has 0 aliphatic heterocycles. The predicted molar refractivity (Wildman–Crippen MR) is 42.4 cm³/mol. The Morgan fingerprint density at radius 1 is 1.56 bits per heavy atom. The lowest BCUT2D eigenvalue weighted by Crippen LogP contribution is -2.09. The minimum atomic E-state index is -0.376. The number of rotatable bonds is 2. The topological polar surface area (TPSA) is 20.2 Å². The summed E-state index contributed by atoms with van der Waals surface area (Å²) in [6.07, 6.45) is 1.25. The summed E-state index contributed by atoms with van der Waals surface area (Å²) in [6.45, 7) is 3.91. The zero-order valence-corrected chi connectivity index (χ0v) is 7.22. The smallest absolute Gasteiger partial charge is 0.0817 e. The molecule has 9 heavy (non-hydrogen) atoms. The lowest BCUT2D eigenvalue weighted by molar-refractivity contribution is 0.172. The predicted octanol–water partition coefficient (Wildman–Crippen LogP) is 2.07. The van der Waals surface area contributed by atoms with Crippen LogP contribution in [0.5, 0.6) is 0 Å². The number of aliphatic hydroxyl groups excluding tert-OH is 1. The van der Waals surface area contributed by atoms with Gasteiger partial charge in [0, 0.05) is 4.99 Å². The monoisotopic (exact) mass is 190 g/mol. The van der Waals surface area contributed by atoms with Crippen LogP contribution in [-0.4, -0.2) is 11.2 Å². The van der Waals surface area contributed by atoms with Crippen molar-refractivity contribution in [1.29, 1.82) is 0 Å². The average Bonchev–Trinajstić information content (AvgIpc) is 1.82. The van der Waals surface area contributed by atoms with Gasteiger partial charge in [-0.15, -0.1) is 5.73 Å². The molecule has 1 nitrogen and oxygen atoms in total. The van der Waals surface area contributed by atoms with Crippen molar-refractivity contribution < 1.29 is 5.11 Å². The molecule has 0 bridgehead atoms. The second-order valence-corrected chi connectivity index (χ2v) is 2.63. The maximum Gasteiger partial charge on any atom is 0.0817 e. The minimum Gasteiger partial charge on any atom is -0.388 e. The van der Waals surface area contributed by atoms with Gasteiger partial charge in [-0.1, -0.05) is 29.8 Å². The van der Waals surface area contributed by atoms with Crippen LogP contribution in [0, 0.1) is 5.92 Å². The van der Waals surface area contributed by atoms with Crippen molar-refractivity contribution in [3.8, 4) is 0 Å². The van der Waals surface area contributed by atoms with Crippen LogP contribution in [0.25, 0.3) is 0 Å². The molecule has 0 rings (SSSR count). The average molecular weight is 191 g/mol. The lowest BCUT2D eigenvalue weighted by atomic mass is 10.1. The van der Waals surface area contributed by atoms with Crippen molar-refractivity contribution in [2.75, 3.05) is 0 Å². The Kier molecular flexibility index (Phi) is 4.78. The molecule has 1 N–H and O–H groups in total. The molecule has 1 unspecified atom stereocenters. The van der Waals surface area contributed by atoms with Crippen molar-refractivity contribution in [1.82, 2.24) is 0 Å². The summed E-state index contributed by atoms with van der Waals surface area (Å²) in [4.78, 5) is 1.60. The van der Waals surface area contributed by atoms with E-state index in [0.717, 1.165) is 0 Å². The standard InChI is InChI=1S/C7H11BrO/c1-6(2)7(9)4-3-5-8/h4-7,9H,1-2H3. The van der Waals surface area contributed by atoms with Crippen LogP contribution in [0.2, 0.25) is 0 Å². The van der Waals surface area contributed by atoms with Gasteiger partial charge >= 0.3 is 0 Å². The molecule has 1 atom stereocenters. The van der Waals surface area contributed by atoms with Gasteiger partial charge in [0.1, 0.15) is 0 Å². The zero-order chi connectivity index (χ0) is 7.28. The Bertz CT molecular complexity index is 123. The highest BCUT2D eigenvalue weighted by molar-refractivity contribution is 9.11. The fraction of sp³-hybridized carbons (Fsp3) is 0.571. The van der Waals surface area contributed by atoms with Crippen LogP contribution in [0.3, 0.4) is 0 Å². The summed E-state index contributed by atoms with van der Waals surface area (Å²) in [7, 11) is 0. The third-order valence-electron chi connectivity index (χ3n) is 1.01. The number of halogens is 1. The first-order valence-electron chi connectivity index (χ1n) is 2.88. The number of hydrogen-bond acceptors (Lipinski definition) is 1. The van der Waals surface area contributed by atoms with Gasteiger partial charge < -0.3 is 5.11 Å². The van der Waals surface area contributed by atoms with Crippen LogP contribution in [0.1, 0.15) is 13.8 Å². The Hall–Kier alpha value is -0.0400. The number of aliphatic hydroxyl groups is 1. The van der Waals surface area contributed by atoms with Gasteiger partial charge in [0.2, 0.25) is 0 Å². The zero-order valence-electron chi connectivity index (χ0n) is 5.63. The van der Waals surface area contributed by atoms with Crippen molar-refractivity contribution in [2.24, 2.45) is 5.92 Å². The van der Waals surface area contributed by atoms with E-state index in [9.17, 15) is 0 Å². The molecule has 0 aliphatic carbocycles. The van der Waals surface area contributed by atoms with E-state index in [1.807, 2.05) is 13.8 Å². The molecule has 0 saturated carbocycles. The Balaban J connectivity index is 3.76. The van der Waals surface area contributed by atoms with E-state index in [1.165, 1.54) is 0 Å². The molecule has 52 valence electrons. The van der Waals surface area contributed by atoms with E-state index in [1.54, 1.807) is 11.1 Å². The molecule has 0 fully saturated rings. The van der Waals surface area contributed by atoms with Gasteiger partial charge in [0.25, 0.3) is 0 Å². The van der Waals surface area contributed by atoms with E-state index in [2.05, 4.69) is 21.7 Å². The molecule has 0 aliphatic rings. The summed E-state index contributed by atoms with van der Waals surface area (Å²) < 4.78 is 0. The van der Waals surface area contributed by atoms with Gasteiger partial charge in [-0.25, -0.2) is 0 Å². The summed E-state index contributed by atoms with van der Waals surface area (Å²) in [5, 5.41) is 9.10. The van der Waals surface area contributed by atoms with Crippen molar-refractivity contribution in [2.45, 2.75) is 20.0 Å². The molecule has 0 saturated heterocycles. The molecule has 0 aromatic carbocycles. The van der Waals surface area contributed by atoms with Gasteiger partial charge in [-0.3, -0.25) is 0 Å². The van der Waals surface area contributed by atoms with Gasteiger partial charge in [-0.05, 0) is 12.0 Å². The third kappa shape index (κ3) is 4.46. The first kappa shape index (κ1) is 8.96. The maximum atomic E-state index is 9.10. The van der Waals surface area contributed by atoms with Gasteiger partial charge in [0.05, 0.1) is 6.10 Å². The van der Waals surface area contributed by atoms with Gasteiger partial charge in [-0.2, -0.15) is 0 Å². The minimum absolute atomic E-state index is 0.268.